The quantitative estimate of drug-likeness (QED) is 0.335. The van der Waals surface area contributed by atoms with Crippen LogP contribution < -0.4 is 0 Å². The Labute approximate surface area is 172 Å². The second-order valence-electron chi connectivity index (χ2n) is 6.46. The number of fused-ring (bicyclic) bond motifs is 2. The number of aromatic nitrogens is 2. The van der Waals surface area contributed by atoms with Gasteiger partial charge in [-0.2, -0.15) is 0 Å². The number of rotatable bonds is 4. The molecule has 0 aliphatic carbocycles. The lowest BCUT2D eigenvalue weighted by Crippen LogP contribution is -1.79. The number of nitrogens with zero attached hydrogens (tertiary/aromatic N) is 4. The molecule has 0 saturated carbocycles. The van der Waals surface area contributed by atoms with Crippen LogP contribution >= 0.6 is 11.3 Å². The summed E-state index contributed by atoms with van der Waals surface area (Å²) < 4.78 is 0. The van der Waals surface area contributed by atoms with Gasteiger partial charge in [0.1, 0.15) is 0 Å². The van der Waals surface area contributed by atoms with Crippen LogP contribution in [0.3, 0.4) is 0 Å². The number of hydrogen-bond donors (Lipinski definition) is 0. The van der Waals surface area contributed by atoms with Gasteiger partial charge >= 0.3 is 0 Å². The van der Waals surface area contributed by atoms with Gasteiger partial charge in [-0.3, -0.25) is 20.0 Å². The molecular formula is C24H16N4S. The Hall–Kier alpha value is -3.70. The molecule has 0 bridgehead atoms. The fraction of sp³-hybridized carbons (Fsp3) is 0. The highest BCUT2D eigenvalue weighted by Crippen LogP contribution is 2.25. The van der Waals surface area contributed by atoms with E-state index in [-0.39, 0.29) is 0 Å². The molecule has 0 radical (unpaired) electrons. The molecule has 0 N–H and O–H groups in total. The normalized spacial score (nSPS) is 11.9. The largest absolute Gasteiger partial charge is 0.254 e. The topological polar surface area (TPSA) is 50.5 Å². The van der Waals surface area contributed by atoms with E-state index in [2.05, 4.69) is 32.1 Å². The first-order valence-electron chi connectivity index (χ1n) is 9.22. The van der Waals surface area contributed by atoms with E-state index < -0.39 is 0 Å². The van der Waals surface area contributed by atoms with Crippen LogP contribution in [0.5, 0.6) is 0 Å². The molecule has 3 aromatic heterocycles. The van der Waals surface area contributed by atoms with Crippen molar-refractivity contribution in [2.45, 2.75) is 0 Å². The van der Waals surface area contributed by atoms with E-state index in [0.717, 1.165) is 42.9 Å². The van der Waals surface area contributed by atoms with Crippen molar-refractivity contribution >= 4 is 56.9 Å². The first-order chi connectivity index (χ1) is 14.4. The van der Waals surface area contributed by atoms with Crippen LogP contribution in [-0.2, 0) is 0 Å². The molecule has 0 amide bonds. The van der Waals surface area contributed by atoms with Gasteiger partial charge in [0.2, 0.25) is 0 Å². The lowest BCUT2D eigenvalue weighted by Gasteiger charge is -1.99. The van der Waals surface area contributed by atoms with Crippen molar-refractivity contribution in [2.24, 2.45) is 9.98 Å². The van der Waals surface area contributed by atoms with Crippen molar-refractivity contribution < 1.29 is 0 Å². The SMILES string of the molecule is C(=Nc1cccc2cccnc12)c1ccc(C=Nc2cccc3cccnc23)s1. The van der Waals surface area contributed by atoms with E-state index in [4.69, 9.17) is 0 Å². The van der Waals surface area contributed by atoms with Gasteiger partial charge in [0.25, 0.3) is 0 Å². The van der Waals surface area contributed by atoms with Crippen LogP contribution in [0.25, 0.3) is 21.8 Å². The van der Waals surface area contributed by atoms with E-state index in [1.165, 1.54) is 0 Å². The molecule has 0 aliphatic heterocycles. The van der Waals surface area contributed by atoms with Gasteiger partial charge in [-0.25, -0.2) is 0 Å². The molecule has 0 saturated heterocycles. The standard InChI is InChI=1S/C24H16N4S/c1-5-17-7-3-13-25-23(17)21(9-1)27-15-19-11-12-20(29-19)16-28-22-10-2-6-18-8-4-14-26-24(18)22/h1-16H. The van der Waals surface area contributed by atoms with Crippen LogP contribution in [0.1, 0.15) is 9.75 Å². The van der Waals surface area contributed by atoms with Gasteiger partial charge in [-0.05, 0) is 36.4 Å². The number of para-hydroxylation sites is 2. The molecule has 0 fully saturated rings. The molecule has 5 heteroatoms. The van der Waals surface area contributed by atoms with Crippen LogP contribution in [0.4, 0.5) is 11.4 Å². The maximum Gasteiger partial charge on any atom is 0.0958 e. The fourth-order valence-electron chi connectivity index (χ4n) is 3.16. The number of thiophene rings is 1. The highest BCUT2D eigenvalue weighted by Gasteiger charge is 2.02. The molecule has 5 rings (SSSR count). The number of aliphatic imine (C=N–C) groups is 2. The zero-order valence-electron chi connectivity index (χ0n) is 15.4. The number of benzene rings is 2. The summed E-state index contributed by atoms with van der Waals surface area (Å²) in [4.78, 5) is 20.3. The van der Waals surface area contributed by atoms with E-state index >= 15 is 0 Å². The third-order valence-corrected chi connectivity index (χ3v) is 5.49. The summed E-state index contributed by atoms with van der Waals surface area (Å²) in [7, 11) is 0. The molecule has 5 aromatic rings. The molecule has 4 nitrogen and oxygen atoms in total. The Bertz CT molecular complexity index is 1250. The van der Waals surface area contributed by atoms with E-state index in [9.17, 15) is 0 Å². The molecule has 0 aliphatic rings. The molecule has 3 heterocycles. The first kappa shape index (κ1) is 17.4. The molecular weight excluding hydrogens is 376 g/mol. The summed E-state index contributed by atoms with van der Waals surface area (Å²) >= 11 is 1.64. The Kier molecular flexibility index (Phi) is 4.64. The van der Waals surface area contributed by atoms with Crippen molar-refractivity contribution in [3.05, 3.63) is 94.9 Å². The second-order valence-corrected chi connectivity index (χ2v) is 7.61. The zero-order chi connectivity index (χ0) is 19.5. The predicted molar refractivity (Wildman–Crippen MR) is 122 cm³/mol. The maximum atomic E-state index is 4.65. The Balaban J connectivity index is 1.39. The van der Waals surface area contributed by atoms with Crippen molar-refractivity contribution in [1.29, 1.82) is 0 Å². The third kappa shape index (κ3) is 3.68. The van der Waals surface area contributed by atoms with Crippen LogP contribution in [0.15, 0.2) is 95.2 Å². The molecule has 0 unspecified atom stereocenters. The van der Waals surface area contributed by atoms with Gasteiger partial charge in [-0.1, -0.05) is 36.4 Å². The summed E-state index contributed by atoms with van der Waals surface area (Å²) in [6.45, 7) is 0. The predicted octanol–water partition coefficient (Wildman–Crippen LogP) is 6.35. The van der Waals surface area contributed by atoms with E-state index in [1.54, 1.807) is 23.7 Å². The van der Waals surface area contributed by atoms with Gasteiger partial charge in [0, 0.05) is 45.3 Å². The zero-order valence-corrected chi connectivity index (χ0v) is 16.3. The highest BCUT2D eigenvalue weighted by molar-refractivity contribution is 7.15. The summed E-state index contributed by atoms with van der Waals surface area (Å²) in [6, 6.07) is 24.1. The number of hydrogen-bond acceptors (Lipinski definition) is 5. The van der Waals surface area contributed by atoms with Gasteiger partial charge in [-0.15, -0.1) is 11.3 Å². The van der Waals surface area contributed by atoms with Gasteiger partial charge in [0.15, 0.2) is 0 Å². The average molecular weight is 392 g/mol. The summed E-state index contributed by atoms with van der Waals surface area (Å²) in [5.74, 6) is 0. The molecule has 138 valence electrons. The van der Waals surface area contributed by atoms with E-state index in [1.807, 2.05) is 73.1 Å². The minimum Gasteiger partial charge on any atom is -0.254 e. The monoisotopic (exact) mass is 392 g/mol. The lowest BCUT2D eigenvalue weighted by molar-refractivity contribution is 1.39. The summed E-state index contributed by atoms with van der Waals surface area (Å²) in [6.07, 6.45) is 7.35. The molecule has 0 spiro atoms. The fourth-order valence-corrected chi connectivity index (χ4v) is 3.91. The van der Waals surface area contributed by atoms with Gasteiger partial charge < -0.3 is 0 Å². The minimum absolute atomic E-state index is 0.869. The first-order valence-corrected chi connectivity index (χ1v) is 10.0. The highest BCUT2D eigenvalue weighted by atomic mass is 32.1. The number of pyridine rings is 2. The molecule has 29 heavy (non-hydrogen) atoms. The smallest absolute Gasteiger partial charge is 0.0958 e. The van der Waals surface area contributed by atoms with Crippen LogP contribution in [0.2, 0.25) is 0 Å². The van der Waals surface area contributed by atoms with Crippen LogP contribution in [0, 0.1) is 0 Å². The lowest BCUT2D eigenvalue weighted by atomic mass is 10.2. The van der Waals surface area contributed by atoms with Crippen molar-refractivity contribution in [1.82, 2.24) is 9.97 Å². The van der Waals surface area contributed by atoms with E-state index in [0.29, 0.717) is 0 Å². The minimum atomic E-state index is 0.869. The summed E-state index contributed by atoms with van der Waals surface area (Å²) in [5, 5.41) is 2.18. The van der Waals surface area contributed by atoms with Crippen molar-refractivity contribution in [3.8, 4) is 0 Å². The van der Waals surface area contributed by atoms with Crippen molar-refractivity contribution in [3.63, 3.8) is 0 Å². The summed E-state index contributed by atoms with van der Waals surface area (Å²) in [5.41, 5.74) is 3.56. The average Bonchev–Trinajstić information content (AvgIpc) is 3.24. The van der Waals surface area contributed by atoms with Gasteiger partial charge in [0.05, 0.1) is 22.4 Å². The van der Waals surface area contributed by atoms with Crippen LogP contribution in [-0.4, -0.2) is 22.4 Å². The molecule has 2 aromatic carbocycles. The molecule has 0 atom stereocenters. The third-order valence-electron chi connectivity index (χ3n) is 4.53. The Morgan fingerprint density at radius 1 is 0.586 bits per heavy atom. The second kappa shape index (κ2) is 7.73. The Morgan fingerprint density at radius 3 is 1.59 bits per heavy atom. The Morgan fingerprint density at radius 2 is 1.07 bits per heavy atom. The maximum absolute atomic E-state index is 4.65. The van der Waals surface area contributed by atoms with Crippen molar-refractivity contribution in [2.75, 3.05) is 0 Å².